The fraction of sp³-hybridized carbons (Fsp3) is 0.250. The Kier molecular flexibility index (Phi) is 4.61. The van der Waals surface area contributed by atoms with Crippen LogP contribution in [0.4, 0.5) is 5.82 Å². The first-order chi connectivity index (χ1) is 11.8. The molecule has 9 heteroatoms. The number of aromatic nitrogens is 1. The summed E-state index contributed by atoms with van der Waals surface area (Å²) in [5.41, 5.74) is 0.160. The minimum Gasteiger partial charge on any atom is -0.307 e. The van der Waals surface area contributed by atoms with Crippen LogP contribution in [0.1, 0.15) is 16.8 Å². The maximum Gasteiger partial charge on any atom is 0.256 e. The third-order valence-corrected chi connectivity index (χ3v) is 8.13. The minimum absolute atomic E-state index is 0.0525. The number of amides is 1. The maximum atomic E-state index is 12.6. The smallest absolute Gasteiger partial charge is 0.256 e. The summed E-state index contributed by atoms with van der Waals surface area (Å²) in [6, 6.07) is 10.6. The average Bonchev–Trinajstić information content (AvgIpc) is 2.96. The van der Waals surface area contributed by atoms with E-state index in [9.17, 15) is 21.6 Å². The molecule has 1 amide bonds. The van der Waals surface area contributed by atoms with Gasteiger partial charge in [-0.15, -0.1) is 0 Å². The van der Waals surface area contributed by atoms with E-state index in [-0.39, 0.29) is 28.4 Å². The third-order valence-electron chi connectivity index (χ3n) is 3.96. The number of benzene rings is 1. The molecular formula is C16H16N2O5S2. The Hall–Kier alpha value is -2.26. The number of hydrogen-bond acceptors (Lipinski definition) is 6. The number of nitrogens with one attached hydrogen (secondary N) is 1. The van der Waals surface area contributed by atoms with Gasteiger partial charge in [-0.3, -0.25) is 4.79 Å². The molecule has 25 heavy (non-hydrogen) atoms. The number of sulfone groups is 2. The van der Waals surface area contributed by atoms with Gasteiger partial charge in [0.2, 0.25) is 0 Å². The number of pyridine rings is 1. The zero-order valence-corrected chi connectivity index (χ0v) is 14.8. The summed E-state index contributed by atoms with van der Waals surface area (Å²) in [6.45, 7) is 0. The van der Waals surface area contributed by atoms with Crippen molar-refractivity contribution in [3.05, 3.63) is 54.2 Å². The third kappa shape index (κ3) is 3.88. The molecule has 2 aromatic rings. The molecule has 0 bridgehead atoms. The predicted molar refractivity (Wildman–Crippen MR) is 92.9 cm³/mol. The van der Waals surface area contributed by atoms with E-state index in [4.69, 9.17) is 0 Å². The number of carbonyl (C=O) groups is 1. The van der Waals surface area contributed by atoms with E-state index in [1.807, 2.05) is 0 Å². The van der Waals surface area contributed by atoms with E-state index in [1.54, 1.807) is 18.2 Å². The van der Waals surface area contributed by atoms with Crippen LogP contribution in [0.5, 0.6) is 0 Å². The van der Waals surface area contributed by atoms with Gasteiger partial charge in [-0.05, 0) is 36.8 Å². The second-order valence-corrected chi connectivity index (χ2v) is 10.2. The highest BCUT2D eigenvalue weighted by Crippen LogP contribution is 2.26. The van der Waals surface area contributed by atoms with Crippen LogP contribution in [0, 0.1) is 0 Å². The van der Waals surface area contributed by atoms with Crippen LogP contribution in [-0.4, -0.2) is 44.5 Å². The van der Waals surface area contributed by atoms with Crippen LogP contribution < -0.4 is 5.32 Å². The minimum atomic E-state index is -3.81. The zero-order valence-electron chi connectivity index (χ0n) is 13.1. The molecule has 1 aliphatic heterocycles. The van der Waals surface area contributed by atoms with Crippen LogP contribution >= 0.6 is 0 Å². The molecule has 0 saturated carbocycles. The SMILES string of the molecule is O=C(Nc1ccccn1)c1cccc(S(=O)(=O)C2CCS(=O)(=O)C2)c1. The quantitative estimate of drug-likeness (QED) is 0.856. The lowest BCUT2D eigenvalue weighted by Crippen LogP contribution is -2.23. The molecule has 1 atom stereocenters. The molecular weight excluding hydrogens is 364 g/mol. The molecule has 0 aliphatic carbocycles. The number of hydrogen-bond donors (Lipinski definition) is 1. The van der Waals surface area contributed by atoms with Crippen molar-refractivity contribution >= 4 is 31.4 Å². The second kappa shape index (κ2) is 6.57. The zero-order chi connectivity index (χ0) is 18.1. The van der Waals surface area contributed by atoms with Gasteiger partial charge >= 0.3 is 0 Å². The lowest BCUT2D eigenvalue weighted by molar-refractivity contribution is 0.102. The molecule has 3 rings (SSSR count). The number of nitrogens with zero attached hydrogens (tertiary/aromatic N) is 1. The highest BCUT2D eigenvalue weighted by Gasteiger charge is 2.38. The maximum absolute atomic E-state index is 12.6. The van der Waals surface area contributed by atoms with E-state index in [1.165, 1.54) is 30.5 Å². The summed E-state index contributed by atoms with van der Waals surface area (Å²) in [6.07, 6.45) is 1.60. The Bertz CT molecular complexity index is 1000. The van der Waals surface area contributed by atoms with Crippen molar-refractivity contribution in [2.24, 2.45) is 0 Å². The van der Waals surface area contributed by atoms with Crippen molar-refractivity contribution in [1.82, 2.24) is 4.98 Å². The highest BCUT2D eigenvalue weighted by atomic mass is 32.2. The summed E-state index contributed by atoms with van der Waals surface area (Å²) in [4.78, 5) is 16.2. The lowest BCUT2D eigenvalue weighted by Gasteiger charge is -2.11. The molecule has 1 fully saturated rings. The molecule has 2 heterocycles. The highest BCUT2D eigenvalue weighted by molar-refractivity contribution is 7.96. The fourth-order valence-corrected chi connectivity index (χ4v) is 7.04. The fourth-order valence-electron chi connectivity index (χ4n) is 2.64. The molecule has 0 spiro atoms. The van der Waals surface area contributed by atoms with Crippen molar-refractivity contribution < 1.29 is 21.6 Å². The summed E-state index contributed by atoms with van der Waals surface area (Å²) in [5.74, 6) is -0.645. The van der Waals surface area contributed by atoms with Gasteiger partial charge in [-0.25, -0.2) is 21.8 Å². The molecule has 1 saturated heterocycles. The molecule has 132 valence electrons. The molecule has 1 N–H and O–H groups in total. The van der Waals surface area contributed by atoms with Gasteiger partial charge in [0, 0.05) is 11.8 Å². The van der Waals surface area contributed by atoms with Crippen LogP contribution in [0.2, 0.25) is 0 Å². The van der Waals surface area contributed by atoms with Crippen molar-refractivity contribution in [3.8, 4) is 0 Å². The van der Waals surface area contributed by atoms with Crippen LogP contribution in [0.3, 0.4) is 0 Å². The van der Waals surface area contributed by atoms with Crippen molar-refractivity contribution in [2.75, 3.05) is 16.8 Å². The van der Waals surface area contributed by atoms with Gasteiger partial charge in [0.15, 0.2) is 19.7 Å². The average molecular weight is 380 g/mol. The van der Waals surface area contributed by atoms with E-state index >= 15 is 0 Å². The van der Waals surface area contributed by atoms with E-state index in [0.717, 1.165) is 0 Å². The van der Waals surface area contributed by atoms with Gasteiger partial charge in [0.1, 0.15) is 5.82 Å². The van der Waals surface area contributed by atoms with Gasteiger partial charge in [-0.2, -0.15) is 0 Å². The van der Waals surface area contributed by atoms with E-state index in [2.05, 4.69) is 10.3 Å². The first kappa shape index (κ1) is 17.6. The van der Waals surface area contributed by atoms with Crippen LogP contribution in [0.25, 0.3) is 0 Å². The Morgan fingerprint density at radius 3 is 2.60 bits per heavy atom. The Morgan fingerprint density at radius 2 is 1.96 bits per heavy atom. The molecule has 1 aromatic carbocycles. The topological polar surface area (TPSA) is 110 Å². The molecule has 1 unspecified atom stereocenters. The van der Waals surface area contributed by atoms with Crippen molar-refractivity contribution in [2.45, 2.75) is 16.6 Å². The summed E-state index contributed by atoms with van der Waals surface area (Å²) < 4.78 is 48.4. The monoisotopic (exact) mass is 380 g/mol. The standard InChI is InChI=1S/C16H16N2O5S2/c19-16(18-15-6-1-2-8-17-15)12-4-3-5-13(10-12)25(22,23)14-7-9-24(20,21)11-14/h1-6,8,10,14H,7,9,11H2,(H,17,18,19). The summed E-state index contributed by atoms with van der Waals surface area (Å²) in [5, 5.41) is 1.61. The Balaban J connectivity index is 1.85. The number of anilines is 1. The van der Waals surface area contributed by atoms with Gasteiger partial charge in [0.05, 0.1) is 21.7 Å². The number of carbonyl (C=O) groups excluding carboxylic acids is 1. The molecule has 1 aliphatic rings. The summed E-state index contributed by atoms with van der Waals surface area (Å²) in [7, 11) is -7.13. The van der Waals surface area contributed by atoms with Crippen molar-refractivity contribution in [1.29, 1.82) is 0 Å². The van der Waals surface area contributed by atoms with E-state index in [0.29, 0.717) is 5.82 Å². The van der Waals surface area contributed by atoms with Crippen LogP contribution in [0.15, 0.2) is 53.6 Å². The lowest BCUT2D eigenvalue weighted by atomic mass is 10.2. The Labute approximate surface area is 145 Å². The molecule has 7 nitrogen and oxygen atoms in total. The predicted octanol–water partition coefficient (Wildman–Crippen LogP) is 1.29. The van der Waals surface area contributed by atoms with Crippen LogP contribution in [-0.2, 0) is 19.7 Å². The number of rotatable bonds is 4. The summed E-state index contributed by atoms with van der Waals surface area (Å²) >= 11 is 0. The second-order valence-electron chi connectivity index (χ2n) is 5.77. The van der Waals surface area contributed by atoms with Gasteiger partial charge < -0.3 is 5.32 Å². The molecule has 0 radical (unpaired) electrons. The first-order valence-electron chi connectivity index (χ1n) is 7.55. The first-order valence-corrected chi connectivity index (χ1v) is 10.9. The van der Waals surface area contributed by atoms with Gasteiger partial charge in [0.25, 0.3) is 5.91 Å². The van der Waals surface area contributed by atoms with Crippen molar-refractivity contribution in [3.63, 3.8) is 0 Å². The molecule has 1 aromatic heterocycles. The van der Waals surface area contributed by atoms with Gasteiger partial charge in [-0.1, -0.05) is 12.1 Å². The Morgan fingerprint density at radius 1 is 1.16 bits per heavy atom. The normalized spacial score (nSPS) is 19.4. The van der Waals surface area contributed by atoms with E-state index < -0.39 is 30.8 Å². The largest absolute Gasteiger partial charge is 0.307 e.